The molecule has 0 bridgehead atoms. The Balaban J connectivity index is 3.05. The molecule has 1 N–H and O–H groups in total. The Morgan fingerprint density at radius 2 is 2.07 bits per heavy atom. The summed E-state index contributed by atoms with van der Waals surface area (Å²) in [6.07, 6.45) is 0. The molecule has 0 fully saturated rings. The predicted molar refractivity (Wildman–Crippen MR) is 67.3 cm³/mol. The highest BCUT2D eigenvalue weighted by molar-refractivity contribution is 9.11. The van der Waals surface area contributed by atoms with Crippen LogP contribution in [0.3, 0.4) is 0 Å². The lowest BCUT2D eigenvalue weighted by Gasteiger charge is -2.10. The van der Waals surface area contributed by atoms with Gasteiger partial charge in [0.15, 0.2) is 0 Å². The molecule has 82 valence electrons. The molecule has 0 spiro atoms. The van der Waals surface area contributed by atoms with Gasteiger partial charge in [-0.3, -0.25) is 4.79 Å². The highest BCUT2D eigenvalue weighted by Gasteiger charge is 2.08. The molecule has 1 rings (SSSR count). The van der Waals surface area contributed by atoms with E-state index in [2.05, 4.69) is 37.2 Å². The first kappa shape index (κ1) is 12.5. The number of rotatable bonds is 3. The van der Waals surface area contributed by atoms with Gasteiger partial charge in [-0.15, -0.1) is 0 Å². The zero-order valence-corrected chi connectivity index (χ0v) is 11.6. The lowest BCUT2D eigenvalue weighted by atomic mass is 10.3. The Bertz CT molecular complexity index is 380. The highest BCUT2D eigenvalue weighted by atomic mass is 79.9. The molecule has 0 aliphatic heterocycles. The van der Waals surface area contributed by atoms with E-state index in [9.17, 15) is 4.79 Å². The van der Waals surface area contributed by atoms with Crippen LogP contribution >= 0.6 is 31.9 Å². The third kappa shape index (κ3) is 3.50. The van der Waals surface area contributed by atoms with Crippen molar-refractivity contribution in [2.45, 2.75) is 13.8 Å². The summed E-state index contributed by atoms with van der Waals surface area (Å²) in [6, 6.07) is 3.62. The molecule has 0 aliphatic rings. The first-order chi connectivity index (χ1) is 7.04. The maximum absolute atomic E-state index is 10.9. The van der Waals surface area contributed by atoms with Gasteiger partial charge in [-0.05, 0) is 44.8 Å². The number of anilines is 1. The molecule has 1 amide bonds. The standard InChI is InChI=1S/C10H11Br2NO2/c1-3-15-10-5-9(13-6(2)14)7(11)4-8(10)12/h4-5H,3H2,1-2H3,(H,13,14). The smallest absolute Gasteiger partial charge is 0.221 e. The third-order valence-corrected chi connectivity index (χ3v) is 2.91. The van der Waals surface area contributed by atoms with Crippen LogP contribution in [-0.4, -0.2) is 12.5 Å². The summed E-state index contributed by atoms with van der Waals surface area (Å²) in [5.74, 6) is 0.602. The van der Waals surface area contributed by atoms with Crippen LogP contribution in [0.15, 0.2) is 21.1 Å². The number of benzene rings is 1. The number of carbonyl (C=O) groups is 1. The fraction of sp³-hybridized carbons (Fsp3) is 0.300. The van der Waals surface area contributed by atoms with Crippen LogP contribution in [0.25, 0.3) is 0 Å². The van der Waals surface area contributed by atoms with Crippen molar-refractivity contribution in [3.63, 3.8) is 0 Å². The van der Waals surface area contributed by atoms with Crippen LogP contribution in [0, 0.1) is 0 Å². The van der Waals surface area contributed by atoms with Crippen LogP contribution in [0.2, 0.25) is 0 Å². The Labute approximate surface area is 105 Å². The van der Waals surface area contributed by atoms with E-state index >= 15 is 0 Å². The van der Waals surface area contributed by atoms with Crippen molar-refractivity contribution in [2.75, 3.05) is 11.9 Å². The van der Waals surface area contributed by atoms with E-state index in [1.807, 2.05) is 13.0 Å². The molecule has 0 heterocycles. The van der Waals surface area contributed by atoms with Gasteiger partial charge in [0.2, 0.25) is 5.91 Å². The minimum absolute atomic E-state index is 0.111. The van der Waals surface area contributed by atoms with E-state index in [0.717, 1.165) is 8.95 Å². The highest BCUT2D eigenvalue weighted by Crippen LogP contribution is 2.34. The summed E-state index contributed by atoms with van der Waals surface area (Å²) in [7, 11) is 0. The van der Waals surface area contributed by atoms with E-state index in [1.54, 1.807) is 6.07 Å². The van der Waals surface area contributed by atoms with Gasteiger partial charge in [-0.1, -0.05) is 0 Å². The number of hydrogen-bond acceptors (Lipinski definition) is 2. The largest absolute Gasteiger partial charge is 0.493 e. The first-order valence-corrected chi connectivity index (χ1v) is 6.02. The number of carbonyl (C=O) groups excluding carboxylic acids is 1. The Morgan fingerprint density at radius 3 is 2.60 bits per heavy atom. The van der Waals surface area contributed by atoms with Gasteiger partial charge in [0, 0.05) is 17.5 Å². The maximum Gasteiger partial charge on any atom is 0.221 e. The lowest BCUT2D eigenvalue weighted by Crippen LogP contribution is -2.06. The van der Waals surface area contributed by atoms with Gasteiger partial charge in [0.05, 0.1) is 16.8 Å². The third-order valence-electron chi connectivity index (χ3n) is 1.63. The van der Waals surface area contributed by atoms with Gasteiger partial charge in [-0.2, -0.15) is 0 Å². The molecule has 0 aromatic heterocycles. The van der Waals surface area contributed by atoms with Crippen molar-refractivity contribution < 1.29 is 9.53 Å². The zero-order chi connectivity index (χ0) is 11.4. The number of amides is 1. The molecule has 0 atom stereocenters. The van der Waals surface area contributed by atoms with Gasteiger partial charge >= 0.3 is 0 Å². The minimum atomic E-state index is -0.111. The van der Waals surface area contributed by atoms with E-state index in [-0.39, 0.29) is 5.91 Å². The van der Waals surface area contributed by atoms with Gasteiger partial charge in [0.1, 0.15) is 5.75 Å². The molecule has 0 radical (unpaired) electrons. The summed E-state index contributed by atoms with van der Waals surface area (Å²) in [6.45, 7) is 3.96. The van der Waals surface area contributed by atoms with Crippen molar-refractivity contribution in [3.8, 4) is 5.75 Å². The van der Waals surface area contributed by atoms with Crippen molar-refractivity contribution in [3.05, 3.63) is 21.1 Å². The van der Waals surface area contributed by atoms with Crippen LogP contribution < -0.4 is 10.1 Å². The van der Waals surface area contributed by atoms with Crippen LogP contribution in [0.4, 0.5) is 5.69 Å². The molecule has 0 saturated heterocycles. The molecule has 1 aromatic rings. The number of halogens is 2. The molecule has 0 saturated carbocycles. The first-order valence-electron chi connectivity index (χ1n) is 4.44. The van der Waals surface area contributed by atoms with E-state index in [4.69, 9.17) is 4.74 Å². The average molecular weight is 337 g/mol. The molecule has 1 aromatic carbocycles. The molecular weight excluding hydrogens is 326 g/mol. The topological polar surface area (TPSA) is 38.3 Å². The van der Waals surface area contributed by atoms with Crippen molar-refractivity contribution in [1.82, 2.24) is 0 Å². The summed E-state index contributed by atoms with van der Waals surface area (Å²) in [5.41, 5.74) is 0.703. The summed E-state index contributed by atoms with van der Waals surface area (Å²) < 4.78 is 7.06. The molecule has 5 heteroatoms. The lowest BCUT2D eigenvalue weighted by molar-refractivity contribution is -0.114. The van der Waals surface area contributed by atoms with Crippen LogP contribution in [0.5, 0.6) is 5.75 Å². The van der Waals surface area contributed by atoms with E-state index in [0.29, 0.717) is 18.0 Å². The van der Waals surface area contributed by atoms with Gasteiger partial charge in [0.25, 0.3) is 0 Å². The Kier molecular flexibility index (Phi) is 4.60. The number of ether oxygens (including phenoxy) is 1. The van der Waals surface area contributed by atoms with Crippen LogP contribution in [-0.2, 0) is 4.79 Å². The van der Waals surface area contributed by atoms with Crippen molar-refractivity contribution in [1.29, 1.82) is 0 Å². The predicted octanol–water partition coefficient (Wildman–Crippen LogP) is 3.57. The number of nitrogens with one attached hydrogen (secondary N) is 1. The summed E-state index contributed by atoms with van der Waals surface area (Å²) in [5, 5.41) is 2.71. The van der Waals surface area contributed by atoms with Crippen LogP contribution in [0.1, 0.15) is 13.8 Å². The maximum atomic E-state index is 10.9. The zero-order valence-electron chi connectivity index (χ0n) is 8.43. The molecule has 15 heavy (non-hydrogen) atoms. The molecule has 0 aliphatic carbocycles. The second-order valence-corrected chi connectivity index (χ2v) is 4.59. The molecule has 0 unspecified atom stereocenters. The van der Waals surface area contributed by atoms with E-state index < -0.39 is 0 Å². The second-order valence-electron chi connectivity index (χ2n) is 2.88. The Morgan fingerprint density at radius 1 is 1.40 bits per heavy atom. The quantitative estimate of drug-likeness (QED) is 0.916. The molecule has 3 nitrogen and oxygen atoms in total. The summed E-state index contributed by atoms with van der Waals surface area (Å²) in [4.78, 5) is 10.9. The average Bonchev–Trinajstić information content (AvgIpc) is 2.12. The Hall–Kier alpha value is -0.550. The van der Waals surface area contributed by atoms with E-state index in [1.165, 1.54) is 6.92 Å². The fourth-order valence-electron chi connectivity index (χ4n) is 1.08. The van der Waals surface area contributed by atoms with Crippen molar-refractivity contribution >= 4 is 43.5 Å². The van der Waals surface area contributed by atoms with Gasteiger partial charge in [-0.25, -0.2) is 0 Å². The monoisotopic (exact) mass is 335 g/mol. The molecular formula is C10H11Br2NO2. The van der Waals surface area contributed by atoms with Gasteiger partial charge < -0.3 is 10.1 Å². The number of hydrogen-bond donors (Lipinski definition) is 1. The summed E-state index contributed by atoms with van der Waals surface area (Å²) >= 11 is 6.74. The fourth-order valence-corrected chi connectivity index (χ4v) is 2.29. The normalized spacial score (nSPS) is 9.87. The minimum Gasteiger partial charge on any atom is -0.493 e. The second kappa shape index (κ2) is 5.51. The SMILES string of the molecule is CCOc1cc(NC(C)=O)c(Br)cc1Br. The van der Waals surface area contributed by atoms with Crippen molar-refractivity contribution in [2.24, 2.45) is 0 Å².